The fourth-order valence-corrected chi connectivity index (χ4v) is 4.19. The number of aromatic nitrogens is 3. The predicted octanol–water partition coefficient (Wildman–Crippen LogP) is 5.55. The standard InChI is InChI=1S/C26H30N4O4S/c1-6-15-30-23(17(4)34-22-13-9-19(10-14-22)16(2)3)28-29-26(30)35-18(5)24(31)27-21-11-7-20(8-12-21)25(32)33/h6-14,16-18H,1,15H2,2-5H3,(H,27,31)(H,32,33). The minimum Gasteiger partial charge on any atom is -0.483 e. The van der Waals surface area contributed by atoms with Crippen LogP contribution in [0.1, 0.15) is 61.5 Å². The van der Waals surface area contributed by atoms with Gasteiger partial charge in [0.2, 0.25) is 5.91 Å². The quantitative estimate of drug-likeness (QED) is 0.266. The number of carbonyl (C=O) groups is 2. The van der Waals surface area contributed by atoms with Gasteiger partial charge in [-0.05, 0) is 61.7 Å². The number of amides is 1. The Balaban J connectivity index is 1.69. The molecule has 2 atom stereocenters. The highest BCUT2D eigenvalue weighted by Gasteiger charge is 2.23. The van der Waals surface area contributed by atoms with Gasteiger partial charge in [0.05, 0.1) is 10.8 Å². The van der Waals surface area contributed by atoms with Gasteiger partial charge >= 0.3 is 5.97 Å². The molecule has 0 aliphatic heterocycles. The first kappa shape index (κ1) is 26.0. The second-order valence-corrected chi connectivity index (χ2v) is 9.66. The molecule has 184 valence electrons. The number of nitrogens with zero attached hydrogens (tertiary/aromatic N) is 3. The lowest BCUT2D eigenvalue weighted by Gasteiger charge is -2.17. The zero-order chi connectivity index (χ0) is 25.5. The van der Waals surface area contributed by atoms with Crippen molar-refractivity contribution in [2.75, 3.05) is 5.32 Å². The molecule has 0 aliphatic carbocycles. The molecule has 2 N–H and O–H groups in total. The minimum absolute atomic E-state index is 0.155. The average Bonchev–Trinajstić information content (AvgIpc) is 3.22. The van der Waals surface area contributed by atoms with Gasteiger partial charge in [-0.2, -0.15) is 0 Å². The molecule has 9 heteroatoms. The molecule has 1 aromatic heterocycles. The first-order chi connectivity index (χ1) is 16.7. The molecule has 0 bridgehead atoms. The molecule has 35 heavy (non-hydrogen) atoms. The molecule has 0 saturated carbocycles. The summed E-state index contributed by atoms with van der Waals surface area (Å²) in [4.78, 5) is 23.7. The van der Waals surface area contributed by atoms with Crippen LogP contribution >= 0.6 is 11.8 Å². The number of thioether (sulfide) groups is 1. The molecule has 0 aliphatic rings. The zero-order valence-corrected chi connectivity index (χ0v) is 21.1. The van der Waals surface area contributed by atoms with Crippen LogP contribution in [0, 0.1) is 0 Å². The van der Waals surface area contributed by atoms with Crippen LogP contribution in [0.5, 0.6) is 5.75 Å². The van der Waals surface area contributed by atoms with Crippen molar-refractivity contribution in [3.8, 4) is 5.75 Å². The number of carbonyl (C=O) groups excluding carboxylic acids is 1. The topological polar surface area (TPSA) is 106 Å². The Labute approximate surface area is 209 Å². The van der Waals surface area contributed by atoms with E-state index < -0.39 is 11.2 Å². The van der Waals surface area contributed by atoms with Crippen LogP contribution in [0.25, 0.3) is 0 Å². The van der Waals surface area contributed by atoms with E-state index in [0.29, 0.717) is 29.1 Å². The molecule has 0 fully saturated rings. The Kier molecular flexibility index (Phi) is 8.70. The predicted molar refractivity (Wildman–Crippen MR) is 137 cm³/mol. The molecule has 0 saturated heterocycles. The van der Waals surface area contributed by atoms with Crippen LogP contribution in [0.15, 0.2) is 66.3 Å². The summed E-state index contributed by atoms with van der Waals surface area (Å²) in [7, 11) is 0. The summed E-state index contributed by atoms with van der Waals surface area (Å²) < 4.78 is 7.99. The molecule has 2 unspecified atom stereocenters. The number of aromatic carboxylic acids is 1. The maximum atomic E-state index is 12.7. The molecule has 1 heterocycles. The number of nitrogens with one attached hydrogen (secondary N) is 1. The summed E-state index contributed by atoms with van der Waals surface area (Å²) in [5, 5.41) is 20.5. The summed E-state index contributed by atoms with van der Waals surface area (Å²) >= 11 is 1.28. The monoisotopic (exact) mass is 494 g/mol. The zero-order valence-electron chi connectivity index (χ0n) is 20.3. The third-order valence-electron chi connectivity index (χ3n) is 5.33. The third-order valence-corrected chi connectivity index (χ3v) is 6.41. The van der Waals surface area contributed by atoms with E-state index in [1.807, 2.05) is 23.6 Å². The fourth-order valence-electron chi connectivity index (χ4n) is 3.33. The van der Waals surface area contributed by atoms with Gasteiger partial charge in [0.1, 0.15) is 5.75 Å². The molecule has 3 rings (SSSR count). The number of ether oxygens (including phenoxy) is 1. The van der Waals surface area contributed by atoms with Crippen molar-refractivity contribution < 1.29 is 19.4 Å². The van der Waals surface area contributed by atoms with Crippen LogP contribution in [0.2, 0.25) is 0 Å². The summed E-state index contributed by atoms with van der Waals surface area (Å²) in [5.41, 5.74) is 1.91. The molecule has 3 aromatic rings. The van der Waals surface area contributed by atoms with Gasteiger partial charge < -0.3 is 15.2 Å². The van der Waals surface area contributed by atoms with Crippen LogP contribution in [0.3, 0.4) is 0 Å². The average molecular weight is 495 g/mol. The van der Waals surface area contributed by atoms with Crippen LogP contribution in [-0.4, -0.2) is 37.0 Å². The van der Waals surface area contributed by atoms with E-state index in [1.54, 1.807) is 25.1 Å². The van der Waals surface area contributed by atoms with E-state index >= 15 is 0 Å². The van der Waals surface area contributed by atoms with Crippen molar-refractivity contribution in [3.63, 3.8) is 0 Å². The second kappa shape index (κ2) is 11.7. The van der Waals surface area contributed by atoms with E-state index in [-0.39, 0.29) is 17.6 Å². The maximum Gasteiger partial charge on any atom is 0.335 e. The van der Waals surface area contributed by atoms with Gasteiger partial charge in [0.25, 0.3) is 0 Å². The number of carboxylic acid groups (broad SMARTS) is 1. The van der Waals surface area contributed by atoms with Gasteiger partial charge in [-0.15, -0.1) is 16.8 Å². The van der Waals surface area contributed by atoms with Crippen molar-refractivity contribution in [1.82, 2.24) is 14.8 Å². The van der Waals surface area contributed by atoms with Crippen LogP contribution in [0.4, 0.5) is 5.69 Å². The Morgan fingerprint density at radius 1 is 1.09 bits per heavy atom. The van der Waals surface area contributed by atoms with E-state index in [4.69, 9.17) is 9.84 Å². The highest BCUT2D eigenvalue weighted by atomic mass is 32.2. The van der Waals surface area contributed by atoms with E-state index in [2.05, 4.69) is 48.1 Å². The number of anilines is 1. The van der Waals surface area contributed by atoms with Gasteiger partial charge in [-0.25, -0.2) is 4.79 Å². The van der Waals surface area contributed by atoms with E-state index in [1.165, 1.54) is 29.5 Å². The second-order valence-electron chi connectivity index (χ2n) is 8.36. The largest absolute Gasteiger partial charge is 0.483 e. The van der Waals surface area contributed by atoms with Gasteiger partial charge in [0.15, 0.2) is 17.1 Å². The van der Waals surface area contributed by atoms with Gasteiger partial charge in [-0.3, -0.25) is 9.36 Å². The first-order valence-corrected chi connectivity index (χ1v) is 12.2. The lowest BCUT2D eigenvalue weighted by atomic mass is 10.0. The smallest absolute Gasteiger partial charge is 0.335 e. The third kappa shape index (κ3) is 6.73. The highest BCUT2D eigenvalue weighted by molar-refractivity contribution is 8.00. The lowest BCUT2D eigenvalue weighted by molar-refractivity contribution is -0.115. The summed E-state index contributed by atoms with van der Waals surface area (Å²) in [6, 6.07) is 14.0. The van der Waals surface area contributed by atoms with E-state index in [0.717, 1.165) is 5.75 Å². The SMILES string of the molecule is C=CCn1c(SC(C)C(=O)Nc2ccc(C(=O)O)cc2)nnc1C(C)Oc1ccc(C(C)C)cc1. The fraction of sp³-hybridized carbons (Fsp3) is 0.308. The molecule has 0 radical (unpaired) electrons. The normalized spacial score (nSPS) is 12.7. The van der Waals surface area contributed by atoms with Crippen molar-refractivity contribution in [2.24, 2.45) is 0 Å². The Bertz CT molecular complexity index is 1170. The first-order valence-electron chi connectivity index (χ1n) is 11.3. The van der Waals surface area contributed by atoms with Crippen LogP contribution in [-0.2, 0) is 11.3 Å². The summed E-state index contributed by atoms with van der Waals surface area (Å²) in [6.07, 6.45) is 1.38. The van der Waals surface area contributed by atoms with Gasteiger partial charge in [-0.1, -0.05) is 43.8 Å². The van der Waals surface area contributed by atoms with E-state index in [9.17, 15) is 9.59 Å². The molecule has 1 amide bonds. The van der Waals surface area contributed by atoms with Crippen molar-refractivity contribution in [2.45, 2.75) is 56.7 Å². The Hall–Kier alpha value is -3.59. The number of hydrogen-bond donors (Lipinski definition) is 2. The minimum atomic E-state index is -1.02. The number of benzene rings is 2. The number of hydrogen-bond acceptors (Lipinski definition) is 6. The lowest BCUT2D eigenvalue weighted by Crippen LogP contribution is -2.23. The number of allylic oxidation sites excluding steroid dienone is 1. The van der Waals surface area contributed by atoms with Crippen LogP contribution < -0.4 is 10.1 Å². The van der Waals surface area contributed by atoms with Crippen molar-refractivity contribution in [3.05, 3.63) is 78.1 Å². The van der Waals surface area contributed by atoms with Crippen molar-refractivity contribution in [1.29, 1.82) is 0 Å². The molecular formula is C26H30N4O4S. The Morgan fingerprint density at radius 3 is 2.31 bits per heavy atom. The molecular weight excluding hydrogens is 464 g/mol. The maximum absolute atomic E-state index is 12.7. The number of carboxylic acids is 1. The molecule has 2 aromatic carbocycles. The number of rotatable bonds is 11. The Morgan fingerprint density at radius 2 is 1.74 bits per heavy atom. The van der Waals surface area contributed by atoms with Gasteiger partial charge in [0, 0.05) is 12.2 Å². The molecule has 0 spiro atoms. The summed E-state index contributed by atoms with van der Waals surface area (Å²) in [5.74, 6) is 0.570. The highest BCUT2D eigenvalue weighted by Crippen LogP contribution is 2.28. The van der Waals surface area contributed by atoms with Crippen molar-refractivity contribution >= 4 is 29.3 Å². The summed E-state index contributed by atoms with van der Waals surface area (Å²) in [6.45, 7) is 12.3. The molecule has 8 nitrogen and oxygen atoms in total.